The number of sulfonamides is 1. The third kappa shape index (κ3) is 4.18. The molecule has 0 bridgehead atoms. The van der Waals surface area contributed by atoms with Crippen LogP contribution in [0.15, 0.2) is 23.1 Å². The average Bonchev–Trinajstić information content (AvgIpc) is 3.22. The van der Waals surface area contributed by atoms with Gasteiger partial charge in [-0.05, 0) is 44.4 Å². The summed E-state index contributed by atoms with van der Waals surface area (Å²) in [5, 5.41) is 2.85. The van der Waals surface area contributed by atoms with Gasteiger partial charge in [-0.25, -0.2) is 21.1 Å². The van der Waals surface area contributed by atoms with Crippen molar-refractivity contribution >= 4 is 31.5 Å². The molecule has 0 radical (unpaired) electrons. The van der Waals surface area contributed by atoms with Crippen molar-refractivity contribution in [1.29, 1.82) is 0 Å². The molecule has 0 aromatic heterocycles. The van der Waals surface area contributed by atoms with E-state index in [9.17, 15) is 21.6 Å². The molecule has 156 valence electrons. The first-order chi connectivity index (χ1) is 12.9. The molecule has 3 rings (SSSR count). The molecular formula is C18H27N3O5S2. The van der Waals surface area contributed by atoms with Crippen LogP contribution in [-0.2, 0) is 19.9 Å². The Hall–Kier alpha value is -1.65. The number of rotatable bonds is 5. The maximum Gasteiger partial charge on any atom is 0.253 e. The molecular weight excluding hydrogens is 402 g/mol. The summed E-state index contributed by atoms with van der Waals surface area (Å²) >= 11 is 0. The maximum absolute atomic E-state index is 13.1. The standard InChI is InChI=1S/C18H27N3O5S2/c1-18(8-11-27(23,24)13-18)19-17(22)15-12-14(28(25,26)20(2)3)6-7-16(15)21-9-4-5-10-21/h6-7,12H,4-5,8-11,13H2,1-3H3,(H,19,22)/t18-/m0/s1. The molecule has 0 unspecified atom stereocenters. The number of amides is 1. The Labute approximate surface area is 166 Å². The van der Waals surface area contributed by atoms with Crippen LogP contribution in [0.4, 0.5) is 5.69 Å². The fraction of sp³-hybridized carbons (Fsp3) is 0.611. The zero-order valence-corrected chi connectivity index (χ0v) is 18.1. The molecule has 10 heteroatoms. The first kappa shape index (κ1) is 21.1. The molecule has 1 N–H and O–H groups in total. The van der Waals surface area contributed by atoms with E-state index in [0.29, 0.717) is 12.1 Å². The lowest BCUT2D eigenvalue weighted by atomic mass is 10.0. The lowest BCUT2D eigenvalue weighted by molar-refractivity contribution is 0.0915. The normalized spacial score (nSPS) is 24.6. The van der Waals surface area contributed by atoms with E-state index < -0.39 is 31.3 Å². The Morgan fingerprint density at radius 2 is 1.86 bits per heavy atom. The van der Waals surface area contributed by atoms with Gasteiger partial charge in [-0.3, -0.25) is 4.79 Å². The fourth-order valence-electron chi connectivity index (χ4n) is 3.75. The number of anilines is 1. The highest BCUT2D eigenvalue weighted by molar-refractivity contribution is 7.91. The van der Waals surface area contributed by atoms with Crippen molar-refractivity contribution in [3.63, 3.8) is 0 Å². The predicted octanol–water partition coefficient (Wildman–Crippen LogP) is 0.844. The van der Waals surface area contributed by atoms with Crippen molar-refractivity contribution in [3.8, 4) is 0 Å². The molecule has 2 saturated heterocycles. The molecule has 8 nitrogen and oxygen atoms in total. The number of nitrogens with one attached hydrogen (secondary N) is 1. The van der Waals surface area contributed by atoms with E-state index >= 15 is 0 Å². The molecule has 28 heavy (non-hydrogen) atoms. The summed E-state index contributed by atoms with van der Waals surface area (Å²) in [6, 6.07) is 4.58. The number of benzene rings is 1. The van der Waals surface area contributed by atoms with Crippen LogP contribution in [-0.4, -0.2) is 71.3 Å². The summed E-state index contributed by atoms with van der Waals surface area (Å²) in [6.45, 7) is 3.31. The Morgan fingerprint density at radius 3 is 2.39 bits per heavy atom. The highest BCUT2D eigenvalue weighted by Gasteiger charge is 2.40. The van der Waals surface area contributed by atoms with E-state index in [2.05, 4.69) is 10.2 Å². The Bertz CT molecular complexity index is 982. The second-order valence-corrected chi connectivity index (χ2v) is 12.4. The first-order valence-corrected chi connectivity index (χ1v) is 12.5. The van der Waals surface area contributed by atoms with Gasteiger partial charge in [0, 0.05) is 32.9 Å². The van der Waals surface area contributed by atoms with Crippen molar-refractivity contribution in [2.75, 3.05) is 43.6 Å². The molecule has 1 aromatic rings. The van der Waals surface area contributed by atoms with Crippen molar-refractivity contribution in [2.24, 2.45) is 0 Å². The van der Waals surface area contributed by atoms with Gasteiger partial charge in [0.1, 0.15) is 0 Å². The summed E-state index contributed by atoms with van der Waals surface area (Å²) in [5.41, 5.74) is 0.0850. The van der Waals surface area contributed by atoms with Crippen LogP contribution < -0.4 is 10.2 Å². The minimum Gasteiger partial charge on any atom is -0.371 e. The van der Waals surface area contributed by atoms with Crippen molar-refractivity contribution in [2.45, 2.75) is 36.6 Å². The van der Waals surface area contributed by atoms with Crippen LogP contribution in [0.3, 0.4) is 0 Å². The van der Waals surface area contributed by atoms with Crippen LogP contribution in [0.1, 0.15) is 36.5 Å². The summed E-state index contributed by atoms with van der Waals surface area (Å²) in [5.74, 6) is -0.518. The molecule has 0 aliphatic carbocycles. The second kappa shape index (κ2) is 7.31. The van der Waals surface area contributed by atoms with Crippen LogP contribution >= 0.6 is 0 Å². The smallest absolute Gasteiger partial charge is 0.253 e. The Kier molecular flexibility index (Phi) is 5.50. The van der Waals surface area contributed by atoms with Gasteiger partial charge < -0.3 is 10.2 Å². The highest BCUT2D eigenvalue weighted by Crippen LogP contribution is 2.30. The summed E-state index contributed by atoms with van der Waals surface area (Å²) in [6.07, 6.45) is 2.36. The number of carbonyl (C=O) groups excluding carboxylic acids is 1. The minimum absolute atomic E-state index is 0.0368. The van der Waals surface area contributed by atoms with Crippen LogP contribution in [0.5, 0.6) is 0 Å². The van der Waals surface area contributed by atoms with E-state index in [1.165, 1.54) is 26.2 Å². The number of hydrogen-bond donors (Lipinski definition) is 1. The summed E-state index contributed by atoms with van der Waals surface area (Å²) in [4.78, 5) is 15.2. The third-order valence-corrected chi connectivity index (χ3v) is 9.07. The van der Waals surface area contributed by atoms with Crippen LogP contribution in [0.25, 0.3) is 0 Å². The van der Waals surface area contributed by atoms with Crippen molar-refractivity contribution in [1.82, 2.24) is 9.62 Å². The first-order valence-electron chi connectivity index (χ1n) is 9.28. The molecule has 2 fully saturated rings. The number of carbonyl (C=O) groups is 1. The largest absolute Gasteiger partial charge is 0.371 e. The molecule has 1 atom stereocenters. The van der Waals surface area contributed by atoms with Gasteiger partial charge in [0.25, 0.3) is 5.91 Å². The van der Waals surface area contributed by atoms with E-state index in [0.717, 1.165) is 30.2 Å². The zero-order chi connectivity index (χ0) is 20.7. The Morgan fingerprint density at radius 1 is 1.21 bits per heavy atom. The van der Waals surface area contributed by atoms with Crippen LogP contribution in [0.2, 0.25) is 0 Å². The summed E-state index contributed by atoms with van der Waals surface area (Å²) in [7, 11) is -4.00. The minimum atomic E-state index is -3.70. The maximum atomic E-state index is 13.1. The predicted molar refractivity (Wildman–Crippen MR) is 108 cm³/mol. The molecule has 1 amide bonds. The Balaban J connectivity index is 1.99. The van der Waals surface area contributed by atoms with Gasteiger partial charge in [-0.2, -0.15) is 0 Å². The third-order valence-electron chi connectivity index (χ3n) is 5.36. The highest BCUT2D eigenvalue weighted by atomic mass is 32.2. The van der Waals surface area contributed by atoms with E-state index in [1.54, 1.807) is 13.0 Å². The van der Waals surface area contributed by atoms with Gasteiger partial charge in [0.05, 0.1) is 27.5 Å². The molecule has 0 spiro atoms. The molecule has 2 heterocycles. The number of nitrogens with zero attached hydrogens (tertiary/aromatic N) is 2. The zero-order valence-electron chi connectivity index (χ0n) is 16.4. The molecule has 0 saturated carbocycles. The van der Waals surface area contributed by atoms with E-state index in [4.69, 9.17) is 0 Å². The lowest BCUT2D eigenvalue weighted by Crippen LogP contribution is -2.47. The average molecular weight is 430 g/mol. The van der Waals surface area contributed by atoms with Gasteiger partial charge >= 0.3 is 0 Å². The lowest BCUT2D eigenvalue weighted by Gasteiger charge is -2.27. The van der Waals surface area contributed by atoms with Crippen molar-refractivity contribution in [3.05, 3.63) is 23.8 Å². The molecule has 2 aliphatic heterocycles. The quantitative estimate of drug-likeness (QED) is 0.744. The van der Waals surface area contributed by atoms with E-state index in [-0.39, 0.29) is 22.0 Å². The van der Waals surface area contributed by atoms with Gasteiger partial charge in [0.15, 0.2) is 9.84 Å². The van der Waals surface area contributed by atoms with Crippen LogP contribution in [0, 0.1) is 0 Å². The SMILES string of the molecule is CN(C)S(=O)(=O)c1ccc(N2CCCC2)c(C(=O)N[C@@]2(C)CCS(=O)(=O)C2)c1. The van der Waals surface area contributed by atoms with E-state index in [1.807, 2.05) is 0 Å². The fourth-order valence-corrected chi connectivity index (χ4v) is 6.77. The summed E-state index contributed by atoms with van der Waals surface area (Å²) < 4.78 is 49.9. The van der Waals surface area contributed by atoms with Gasteiger partial charge in [0.2, 0.25) is 10.0 Å². The monoisotopic (exact) mass is 429 g/mol. The molecule has 1 aromatic carbocycles. The van der Waals surface area contributed by atoms with Crippen molar-refractivity contribution < 1.29 is 21.6 Å². The molecule has 2 aliphatic rings. The second-order valence-electron chi connectivity index (χ2n) is 8.02. The number of sulfone groups is 1. The topological polar surface area (TPSA) is 104 Å². The van der Waals surface area contributed by atoms with Gasteiger partial charge in [-0.1, -0.05) is 0 Å². The number of hydrogen-bond acceptors (Lipinski definition) is 6. The van der Waals surface area contributed by atoms with Gasteiger partial charge in [-0.15, -0.1) is 0 Å².